The van der Waals surface area contributed by atoms with Crippen LogP contribution in [-0.2, 0) is 19.1 Å². The van der Waals surface area contributed by atoms with E-state index < -0.39 is 18.0 Å². The first kappa shape index (κ1) is 37.7. The number of esters is 2. The molecule has 10 nitrogen and oxygen atoms in total. The van der Waals surface area contributed by atoms with Crippen LogP contribution in [0.4, 0.5) is 0 Å². The van der Waals surface area contributed by atoms with E-state index in [2.05, 4.69) is 20.6 Å². The molecule has 4 rings (SSSR count). The summed E-state index contributed by atoms with van der Waals surface area (Å²) in [5, 5.41) is 6.20. The Balaban J connectivity index is 0.000000260. The van der Waals surface area contributed by atoms with Gasteiger partial charge in [0.05, 0.1) is 38.1 Å². The van der Waals surface area contributed by atoms with Crippen molar-refractivity contribution < 1.29 is 28.7 Å². The largest absolute Gasteiger partial charge is 0.466 e. The topological polar surface area (TPSA) is 137 Å². The minimum atomic E-state index is -0.501. The molecule has 48 heavy (non-hydrogen) atoms. The lowest BCUT2D eigenvalue weighted by molar-refractivity contribution is -0.144. The lowest BCUT2D eigenvalue weighted by atomic mass is 9.98. The maximum Gasteiger partial charge on any atom is 0.308 e. The first-order chi connectivity index (χ1) is 23.0. The van der Waals surface area contributed by atoms with Crippen molar-refractivity contribution in [1.82, 2.24) is 20.6 Å². The van der Waals surface area contributed by atoms with E-state index in [1.165, 1.54) is 12.3 Å². The third-order valence-electron chi connectivity index (χ3n) is 7.03. The fraction of sp³-hybridized carbons (Fsp3) is 0.278. The van der Waals surface area contributed by atoms with Crippen LogP contribution in [0.2, 0.25) is 10.3 Å². The monoisotopic (exact) mass is 692 g/mol. The number of hydrogen-bond acceptors (Lipinski definition) is 8. The summed E-state index contributed by atoms with van der Waals surface area (Å²) in [5.41, 5.74) is 4.29. The Morgan fingerprint density at radius 3 is 1.69 bits per heavy atom. The number of nitrogens with one attached hydrogen (secondary N) is 2. The summed E-state index contributed by atoms with van der Waals surface area (Å²) < 4.78 is 10.0. The standard InChI is InChI=1S/2C18H19ClN2O3/c1-3-24-17(22)11-15(13-8-5-4-7-12(13)2)21-18(23)14-9-6-10-16(19)20-14;1-3-24-17(22)11-15(14-7-5-4-6-12(14)2)21-18(23)13-8-9-20-16(19)10-13/h2*4-10,15H,3,11H2,1-2H3,(H,21,23)/t2*15-/m00/s1. The predicted molar refractivity (Wildman–Crippen MR) is 184 cm³/mol. The molecule has 2 N–H and O–H groups in total. The van der Waals surface area contributed by atoms with Gasteiger partial charge in [0.1, 0.15) is 16.0 Å². The van der Waals surface area contributed by atoms with Gasteiger partial charge < -0.3 is 20.1 Å². The van der Waals surface area contributed by atoms with Crippen molar-refractivity contribution >= 4 is 47.0 Å². The fourth-order valence-corrected chi connectivity index (χ4v) is 5.10. The Kier molecular flexibility index (Phi) is 15.0. The zero-order valence-electron chi connectivity index (χ0n) is 27.2. The smallest absolute Gasteiger partial charge is 0.308 e. The Hall–Kier alpha value is -4.80. The quantitative estimate of drug-likeness (QED) is 0.120. The number of nitrogens with zero attached hydrogens (tertiary/aromatic N) is 2. The predicted octanol–water partition coefficient (Wildman–Crippen LogP) is 6.94. The van der Waals surface area contributed by atoms with Gasteiger partial charge >= 0.3 is 11.9 Å². The maximum absolute atomic E-state index is 12.5. The van der Waals surface area contributed by atoms with Crippen LogP contribution in [-0.4, -0.2) is 46.9 Å². The average Bonchev–Trinajstić information content (AvgIpc) is 3.05. The number of hydrogen-bond donors (Lipinski definition) is 2. The van der Waals surface area contributed by atoms with Gasteiger partial charge in [0.2, 0.25) is 0 Å². The number of amides is 2. The highest BCUT2D eigenvalue weighted by atomic mass is 35.5. The highest BCUT2D eigenvalue weighted by Gasteiger charge is 2.23. The summed E-state index contributed by atoms with van der Waals surface area (Å²) in [4.78, 5) is 56.6. The molecule has 0 aliphatic rings. The minimum Gasteiger partial charge on any atom is -0.466 e. The number of ether oxygens (including phenoxy) is 2. The van der Waals surface area contributed by atoms with Crippen LogP contribution in [0.3, 0.4) is 0 Å². The fourth-order valence-electron chi connectivity index (χ4n) is 4.76. The first-order valence-electron chi connectivity index (χ1n) is 15.3. The molecule has 0 fully saturated rings. The summed E-state index contributed by atoms with van der Waals surface area (Å²) in [6.45, 7) is 7.95. The van der Waals surface area contributed by atoms with E-state index in [0.29, 0.717) is 18.8 Å². The number of carbonyl (C=O) groups excluding carboxylic acids is 4. The van der Waals surface area contributed by atoms with Crippen molar-refractivity contribution in [2.75, 3.05) is 13.2 Å². The Bertz CT molecular complexity index is 1590. The molecule has 0 unspecified atom stereocenters. The van der Waals surface area contributed by atoms with Gasteiger partial charge in [0.25, 0.3) is 11.8 Å². The third kappa shape index (κ3) is 11.8. The second kappa shape index (κ2) is 19.1. The van der Waals surface area contributed by atoms with Crippen LogP contribution in [0, 0.1) is 13.8 Å². The number of carbonyl (C=O) groups is 4. The van der Waals surface area contributed by atoms with Crippen LogP contribution in [0.25, 0.3) is 0 Å². The van der Waals surface area contributed by atoms with Crippen molar-refractivity contribution in [3.63, 3.8) is 0 Å². The second-order valence-corrected chi connectivity index (χ2v) is 11.3. The average molecular weight is 694 g/mol. The summed E-state index contributed by atoms with van der Waals surface area (Å²) in [6.07, 6.45) is 1.57. The Morgan fingerprint density at radius 2 is 1.21 bits per heavy atom. The van der Waals surface area contributed by atoms with Gasteiger partial charge in [-0.2, -0.15) is 0 Å². The van der Waals surface area contributed by atoms with E-state index in [1.807, 2.05) is 62.4 Å². The number of aromatic nitrogens is 2. The van der Waals surface area contributed by atoms with E-state index in [9.17, 15) is 19.2 Å². The lowest BCUT2D eigenvalue weighted by Gasteiger charge is -2.20. The number of benzene rings is 2. The SMILES string of the molecule is CCOC(=O)C[C@H](NC(=O)c1cccc(Cl)n1)c1ccccc1C.CCOC(=O)C[C@H](NC(=O)c1ccnc(Cl)c1)c1ccccc1C. The highest BCUT2D eigenvalue weighted by Crippen LogP contribution is 2.23. The van der Waals surface area contributed by atoms with E-state index in [0.717, 1.165) is 22.3 Å². The summed E-state index contributed by atoms with van der Waals surface area (Å²) in [5.74, 6) is -1.45. The molecule has 2 amide bonds. The summed E-state index contributed by atoms with van der Waals surface area (Å²) in [6, 6.07) is 22.1. The number of pyridine rings is 2. The molecule has 0 aliphatic carbocycles. The molecule has 0 bridgehead atoms. The van der Waals surface area contributed by atoms with Crippen molar-refractivity contribution in [3.05, 3.63) is 129 Å². The van der Waals surface area contributed by atoms with E-state index >= 15 is 0 Å². The van der Waals surface area contributed by atoms with Gasteiger partial charge in [0, 0.05) is 11.8 Å². The molecule has 0 saturated carbocycles. The van der Waals surface area contributed by atoms with Crippen molar-refractivity contribution in [2.45, 2.75) is 52.6 Å². The minimum absolute atomic E-state index is 0.0466. The first-order valence-corrected chi connectivity index (χ1v) is 16.1. The van der Waals surface area contributed by atoms with E-state index in [-0.39, 0.29) is 46.7 Å². The van der Waals surface area contributed by atoms with E-state index in [4.69, 9.17) is 32.7 Å². The third-order valence-corrected chi connectivity index (χ3v) is 7.44. The number of halogens is 2. The molecular formula is C36H38Cl2N4O6. The maximum atomic E-state index is 12.5. The summed E-state index contributed by atoms with van der Waals surface area (Å²) in [7, 11) is 0. The molecule has 0 aliphatic heterocycles. The van der Waals surface area contributed by atoms with Crippen LogP contribution in [0.1, 0.15) is 81.9 Å². The van der Waals surface area contributed by atoms with Crippen molar-refractivity contribution in [2.24, 2.45) is 0 Å². The molecule has 4 aromatic rings. The van der Waals surface area contributed by atoms with Crippen LogP contribution < -0.4 is 10.6 Å². The van der Waals surface area contributed by atoms with E-state index in [1.54, 1.807) is 38.1 Å². The van der Waals surface area contributed by atoms with Gasteiger partial charge in [-0.25, -0.2) is 9.97 Å². The van der Waals surface area contributed by atoms with Crippen LogP contribution >= 0.6 is 23.2 Å². The Morgan fingerprint density at radius 1 is 0.688 bits per heavy atom. The van der Waals surface area contributed by atoms with Crippen LogP contribution in [0.15, 0.2) is 85.1 Å². The molecule has 0 spiro atoms. The van der Waals surface area contributed by atoms with Gasteiger partial charge in [0.15, 0.2) is 0 Å². The van der Waals surface area contributed by atoms with Gasteiger partial charge in [-0.15, -0.1) is 0 Å². The lowest BCUT2D eigenvalue weighted by Crippen LogP contribution is -2.31. The van der Waals surface area contributed by atoms with Crippen LogP contribution in [0.5, 0.6) is 0 Å². The molecule has 12 heteroatoms. The molecule has 252 valence electrons. The molecule has 2 atom stereocenters. The number of aryl methyl sites for hydroxylation is 2. The number of rotatable bonds is 12. The Labute approximate surface area is 290 Å². The van der Waals surface area contributed by atoms with Gasteiger partial charge in [-0.1, -0.05) is 77.8 Å². The molecular weight excluding hydrogens is 655 g/mol. The molecule has 0 saturated heterocycles. The highest BCUT2D eigenvalue weighted by molar-refractivity contribution is 6.30. The molecule has 2 heterocycles. The van der Waals surface area contributed by atoms with Gasteiger partial charge in [-0.3, -0.25) is 19.2 Å². The molecule has 2 aromatic heterocycles. The second-order valence-electron chi connectivity index (χ2n) is 10.5. The van der Waals surface area contributed by atoms with Crippen molar-refractivity contribution in [1.29, 1.82) is 0 Å². The summed E-state index contributed by atoms with van der Waals surface area (Å²) >= 11 is 11.7. The van der Waals surface area contributed by atoms with Crippen molar-refractivity contribution in [3.8, 4) is 0 Å². The molecule has 0 radical (unpaired) electrons. The normalized spacial score (nSPS) is 11.6. The zero-order chi connectivity index (χ0) is 35.1. The zero-order valence-corrected chi connectivity index (χ0v) is 28.7. The molecule has 2 aromatic carbocycles. The van der Waals surface area contributed by atoms with Gasteiger partial charge in [-0.05, 0) is 74.2 Å².